The Hall–Kier alpha value is -5.32. The van der Waals surface area contributed by atoms with Crippen molar-refractivity contribution in [2.24, 2.45) is 21.8 Å². The number of fused-ring (bicyclic) bond motifs is 2. The maximum absolute atomic E-state index is 15.6. The van der Waals surface area contributed by atoms with Gasteiger partial charge in [0.25, 0.3) is 0 Å². The number of pyridine rings is 1. The minimum atomic E-state index is -0.955. The highest BCUT2D eigenvalue weighted by molar-refractivity contribution is 9.10. The Balaban J connectivity index is 0.000000246. The highest BCUT2D eigenvalue weighted by atomic mass is 79.9. The summed E-state index contributed by atoms with van der Waals surface area (Å²) in [5.41, 5.74) is -2.40. The summed E-state index contributed by atoms with van der Waals surface area (Å²) < 4.78 is 53.4. The topological polar surface area (TPSA) is 173 Å². The minimum Gasteiger partial charge on any atom is -0.443 e. The molecule has 0 saturated heterocycles. The van der Waals surface area contributed by atoms with E-state index in [0.29, 0.717) is 46.7 Å². The van der Waals surface area contributed by atoms with Gasteiger partial charge in [-0.15, -0.1) is 0 Å². The Morgan fingerprint density at radius 3 is 1.48 bits per heavy atom. The van der Waals surface area contributed by atoms with Crippen LogP contribution in [0.1, 0.15) is 150 Å². The van der Waals surface area contributed by atoms with E-state index in [0.717, 1.165) is 45.5 Å². The number of amidine groups is 2. The van der Waals surface area contributed by atoms with Crippen molar-refractivity contribution in [3.05, 3.63) is 98.8 Å². The molecule has 73 heavy (non-hydrogen) atoms. The van der Waals surface area contributed by atoms with Gasteiger partial charge in [0.15, 0.2) is 10.3 Å². The van der Waals surface area contributed by atoms with Crippen LogP contribution in [0, 0.1) is 34.8 Å². The fourth-order valence-corrected chi connectivity index (χ4v) is 11.9. The smallest absolute Gasteiger partial charge is 0.426 e. The summed E-state index contributed by atoms with van der Waals surface area (Å²) in [5.74, 6) is 0.518. The van der Waals surface area contributed by atoms with E-state index in [2.05, 4.69) is 20.9 Å². The van der Waals surface area contributed by atoms with E-state index in [4.69, 9.17) is 34.2 Å². The first-order valence-corrected chi connectivity index (χ1v) is 27.0. The molecule has 2 saturated carbocycles. The predicted molar refractivity (Wildman–Crippen MR) is 285 cm³/mol. The number of imide groups is 2. The summed E-state index contributed by atoms with van der Waals surface area (Å²) in [5, 5.41) is 9.30. The van der Waals surface area contributed by atoms with Crippen molar-refractivity contribution in [2.45, 2.75) is 155 Å². The van der Waals surface area contributed by atoms with Crippen molar-refractivity contribution in [2.75, 3.05) is 11.5 Å². The van der Waals surface area contributed by atoms with Crippen molar-refractivity contribution < 1.29 is 46.9 Å². The Bertz CT molecular complexity index is 2670. The molecule has 2 aliphatic carbocycles. The number of hydrogen-bond donors (Lipinski definition) is 0. The molecule has 4 atom stereocenters. The number of halogens is 3. The second kappa shape index (κ2) is 22.3. The van der Waals surface area contributed by atoms with E-state index in [1.54, 1.807) is 126 Å². The number of aromatic nitrogens is 1. The van der Waals surface area contributed by atoms with Crippen LogP contribution in [0.25, 0.3) is 12.2 Å². The van der Waals surface area contributed by atoms with Gasteiger partial charge in [0, 0.05) is 33.3 Å². The monoisotopic (exact) mass is 1110 g/mol. The molecule has 0 radical (unpaired) electrons. The lowest BCUT2D eigenvalue weighted by atomic mass is 9.80. The van der Waals surface area contributed by atoms with Crippen LogP contribution in [-0.2, 0) is 30.0 Å². The summed E-state index contributed by atoms with van der Waals surface area (Å²) in [6, 6.07) is 15.1. The third-order valence-corrected chi connectivity index (χ3v) is 14.6. The first kappa shape index (κ1) is 57.0. The zero-order valence-electron chi connectivity index (χ0n) is 43.6. The standard InChI is InChI=1S/C31H35FN4O4S.C23H30BrFN2O4S/c1-29(2,3)39-27(37)36(28(38)40-30(4,5)6)26-35-31(15-7-8-22(31)19-41-26)24-16-20(11-14-25(24)32)9-12-23-13-10-21(17-33)18-34-23;1-21(2,3)30-19(28)27(20(29)31-22(4,5)6)18-26-23(11-7-8-14(23)13-32-18)16-12-15(24)9-10-17(16)25/h9-14,16,18,22H,7-8,15,19H2,1-6H3;9-10,12,14H,7-8,11,13H2,1-6H3/b12-9+;/t22-,31-;14-,23-/m00/s1. The van der Waals surface area contributed by atoms with Crippen molar-refractivity contribution in [3.63, 3.8) is 0 Å². The first-order chi connectivity index (χ1) is 33.9. The van der Waals surface area contributed by atoms with Crippen LogP contribution >= 0.6 is 39.5 Å². The summed E-state index contributed by atoms with van der Waals surface area (Å²) in [6.07, 6.45) is 6.26. The molecule has 2 aromatic carbocycles. The number of aliphatic imine (C=N–C) groups is 2. The highest BCUT2D eigenvalue weighted by Gasteiger charge is 2.52. The lowest BCUT2D eigenvalue weighted by Gasteiger charge is -2.39. The van der Waals surface area contributed by atoms with Crippen LogP contribution in [0.3, 0.4) is 0 Å². The number of carbonyl (C=O) groups is 4. The van der Waals surface area contributed by atoms with Crippen LogP contribution in [0.5, 0.6) is 0 Å². The van der Waals surface area contributed by atoms with Gasteiger partial charge in [-0.2, -0.15) is 15.1 Å². The molecule has 0 bridgehead atoms. The quantitative estimate of drug-likeness (QED) is 0.227. The Kier molecular flexibility index (Phi) is 17.4. The zero-order chi connectivity index (χ0) is 53.9. The molecule has 2 aliphatic heterocycles. The zero-order valence-corrected chi connectivity index (χ0v) is 46.8. The van der Waals surface area contributed by atoms with Gasteiger partial charge in [0.1, 0.15) is 40.1 Å². The Labute approximate surface area is 444 Å². The molecule has 19 heteroatoms. The molecule has 7 rings (SSSR count). The molecule has 4 aliphatic rings. The average molecular weight is 1110 g/mol. The summed E-state index contributed by atoms with van der Waals surface area (Å²) in [7, 11) is 0. The van der Waals surface area contributed by atoms with Gasteiger partial charge >= 0.3 is 24.4 Å². The largest absolute Gasteiger partial charge is 0.443 e. The molecule has 0 spiro atoms. The average Bonchev–Trinajstić information content (AvgIpc) is 3.90. The summed E-state index contributed by atoms with van der Waals surface area (Å²) in [4.78, 5) is 68.6. The number of carbonyl (C=O) groups excluding carboxylic acids is 4. The molecule has 4 amide bonds. The molecule has 14 nitrogen and oxygen atoms in total. The summed E-state index contributed by atoms with van der Waals surface area (Å²) in [6.45, 7) is 20.6. The maximum atomic E-state index is 15.6. The number of nitriles is 1. The molecule has 0 N–H and O–H groups in total. The molecule has 2 fully saturated rings. The molecule has 1 aromatic heterocycles. The predicted octanol–water partition coefficient (Wildman–Crippen LogP) is 14.4. The van der Waals surface area contributed by atoms with Crippen LogP contribution in [-0.4, -0.2) is 83.4 Å². The van der Waals surface area contributed by atoms with Gasteiger partial charge < -0.3 is 18.9 Å². The van der Waals surface area contributed by atoms with Crippen LogP contribution in [0.2, 0.25) is 0 Å². The second-order valence-corrected chi connectivity index (χ2v) is 25.2. The van der Waals surface area contributed by atoms with Gasteiger partial charge in [0.05, 0.1) is 22.3 Å². The number of hydrogen-bond acceptors (Lipinski definition) is 14. The molecular weight excluding hydrogens is 1040 g/mol. The molecular formula is C54H65BrF2N6O8S2. The number of rotatable bonds is 4. The van der Waals surface area contributed by atoms with Gasteiger partial charge in [-0.1, -0.05) is 64.4 Å². The number of thioether (sulfide) groups is 2. The maximum Gasteiger partial charge on any atom is 0.426 e. The van der Waals surface area contributed by atoms with E-state index in [9.17, 15) is 23.6 Å². The Morgan fingerprint density at radius 2 is 1.08 bits per heavy atom. The van der Waals surface area contributed by atoms with Gasteiger partial charge in [-0.25, -0.2) is 37.9 Å². The van der Waals surface area contributed by atoms with Gasteiger partial charge in [0.2, 0.25) is 0 Å². The van der Waals surface area contributed by atoms with Crippen molar-refractivity contribution in [1.82, 2.24) is 14.8 Å². The third kappa shape index (κ3) is 14.3. The van der Waals surface area contributed by atoms with E-state index >= 15 is 4.39 Å². The van der Waals surface area contributed by atoms with E-state index in [-0.39, 0.29) is 28.0 Å². The number of benzene rings is 2. The number of amides is 4. The first-order valence-electron chi connectivity index (χ1n) is 24.2. The van der Waals surface area contributed by atoms with Crippen molar-refractivity contribution >= 4 is 86.3 Å². The van der Waals surface area contributed by atoms with E-state index in [1.807, 2.05) is 12.1 Å². The lowest BCUT2D eigenvalue weighted by molar-refractivity contribution is 0.0127. The minimum absolute atomic E-state index is 0.0179. The van der Waals surface area contributed by atoms with E-state index < -0.39 is 63.7 Å². The highest BCUT2D eigenvalue weighted by Crippen LogP contribution is 2.54. The molecule has 3 aromatic rings. The number of ether oxygens (including phenoxy) is 4. The number of nitrogens with zero attached hydrogens (tertiary/aromatic N) is 6. The second-order valence-electron chi connectivity index (χ2n) is 22.3. The molecule has 0 unspecified atom stereocenters. The Morgan fingerprint density at radius 1 is 0.658 bits per heavy atom. The van der Waals surface area contributed by atoms with Crippen molar-refractivity contribution in [3.8, 4) is 6.07 Å². The normalized spacial score (nSPS) is 21.8. The van der Waals surface area contributed by atoms with Crippen LogP contribution in [0.15, 0.2) is 69.2 Å². The fourth-order valence-electron chi connectivity index (χ4n) is 8.92. The fraction of sp³-hybridized carbons (Fsp3) is 0.519. The van der Waals surface area contributed by atoms with Gasteiger partial charge in [-0.05, 0) is 175 Å². The summed E-state index contributed by atoms with van der Waals surface area (Å²) >= 11 is 6.01. The third-order valence-electron chi connectivity index (χ3n) is 11.9. The lowest BCUT2D eigenvalue weighted by Crippen LogP contribution is -2.49. The van der Waals surface area contributed by atoms with Crippen LogP contribution < -0.4 is 0 Å². The SMILES string of the molecule is CC(C)(C)OC(=O)N(C(=O)OC(C)(C)C)C1=N[C@@]2(c3cc(/C=C/c4ccc(C#N)cn4)ccc3F)CCC[C@H]2CS1.CC(C)(C)OC(=O)N(C(=O)OC(C)(C)C)C1=N[C@@]2(c3cc(Br)ccc3F)CCC[C@H]2CS1. The van der Waals surface area contributed by atoms with Crippen LogP contribution in [0.4, 0.5) is 28.0 Å². The molecule has 392 valence electrons. The van der Waals surface area contributed by atoms with E-state index in [1.165, 1.54) is 41.9 Å². The van der Waals surface area contributed by atoms with Gasteiger partial charge in [-0.3, -0.25) is 4.98 Å². The molecule has 3 heterocycles. The van der Waals surface area contributed by atoms with Crippen molar-refractivity contribution in [1.29, 1.82) is 5.26 Å².